The van der Waals surface area contributed by atoms with Gasteiger partial charge < -0.3 is 18.6 Å². The van der Waals surface area contributed by atoms with Gasteiger partial charge in [0.25, 0.3) is 0 Å². The molecule has 6 rings (SSSR count). The summed E-state index contributed by atoms with van der Waals surface area (Å²) < 4.78 is 82.2. The first-order valence-corrected chi connectivity index (χ1v) is 15.9. The van der Waals surface area contributed by atoms with Crippen LogP contribution in [-0.4, -0.2) is 52.3 Å². The van der Waals surface area contributed by atoms with Crippen LogP contribution in [0.4, 0.5) is 13.2 Å². The zero-order chi connectivity index (χ0) is 29.6. The smallest absolute Gasteiger partial charge is 0.382 e. The lowest BCUT2D eigenvalue weighted by molar-refractivity contribution is -0.155. The lowest BCUT2D eigenvalue weighted by Crippen LogP contribution is -2.40. The Morgan fingerprint density at radius 1 is 1.14 bits per heavy atom. The van der Waals surface area contributed by atoms with E-state index in [0.29, 0.717) is 50.0 Å². The van der Waals surface area contributed by atoms with Crippen molar-refractivity contribution in [1.29, 1.82) is 0 Å². The first-order chi connectivity index (χ1) is 20.0. The number of halogens is 3. The van der Waals surface area contributed by atoms with Gasteiger partial charge in [0.15, 0.2) is 5.69 Å². The highest BCUT2D eigenvalue weighted by Gasteiger charge is 2.39. The Morgan fingerprint density at radius 2 is 1.88 bits per heavy atom. The molecule has 3 aliphatic rings. The molecule has 2 aromatic heterocycles. The third-order valence-corrected chi connectivity index (χ3v) is 10.4. The number of carbonyl (C=O) groups is 1. The summed E-state index contributed by atoms with van der Waals surface area (Å²) in [5.41, 5.74) is 1.31. The van der Waals surface area contributed by atoms with Crippen molar-refractivity contribution < 1.29 is 40.0 Å². The monoisotopic (exact) mass is 626 g/mol. The third kappa shape index (κ3) is 6.19. The Balaban J connectivity index is 1.04. The van der Waals surface area contributed by atoms with E-state index in [2.05, 4.69) is 5.10 Å². The number of hydrogen-bond acceptors (Lipinski definition) is 9. The molecule has 2 fully saturated rings. The zero-order valence-corrected chi connectivity index (χ0v) is 24.3. The molecule has 1 aliphatic carbocycles. The van der Waals surface area contributed by atoms with Crippen LogP contribution in [0.5, 0.6) is 5.75 Å². The van der Waals surface area contributed by atoms with Crippen LogP contribution in [-0.2, 0) is 50.3 Å². The van der Waals surface area contributed by atoms with Crippen LogP contribution >= 0.6 is 11.3 Å². The van der Waals surface area contributed by atoms with Gasteiger partial charge in [0.2, 0.25) is 12.2 Å². The molecule has 0 N–H and O–H groups in total. The molecular weight excluding hydrogens is 597 g/mol. The molecule has 1 atom stereocenters. The number of piperidine rings is 1. The van der Waals surface area contributed by atoms with Crippen LogP contribution in [0.1, 0.15) is 71.1 Å². The summed E-state index contributed by atoms with van der Waals surface area (Å²) in [5.74, 6) is 0.0976. The van der Waals surface area contributed by atoms with Crippen molar-refractivity contribution >= 4 is 27.4 Å². The van der Waals surface area contributed by atoms with Crippen LogP contribution in [0.25, 0.3) is 0 Å². The van der Waals surface area contributed by atoms with E-state index in [1.807, 2.05) is 11.4 Å². The number of aromatic nitrogens is 3. The molecule has 0 spiro atoms. The van der Waals surface area contributed by atoms with Crippen molar-refractivity contribution in [3.05, 3.63) is 62.9 Å². The SMILES string of the molecule is Cc1cc(C(F)(F)F)nn1CC(=O)N1CCC(c2nc(C3OCc4cccc(OS(=O)(=O)C5CC5)c4CO3)cs2)CC1. The topological polar surface area (TPSA) is 113 Å². The fourth-order valence-corrected chi connectivity index (χ4v) is 7.34. The Labute approximate surface area is 244 Å². The quantitative estimate of drug-likeness (QED) is 0.348. The fourth-order valence-electron chi connectivity index (χ4n) is 5.09. The van der Waals surface area contributed by atoms with Crippen molar-refractivity contribution in [2.24, 2.45) is 0 Å². The van der Waals surface area contributed by atoms with Gasteiger partial charge in [-0.05, 0) is 50.3 Å². The highest BCUT2D eigenvalue weighted by molar-refractivity contribution is 7.88. The number of thiazole rings is 1. The van der Waals surface area contributed by atoms with Gasteiger partial charge in [0.1, 0.15) is 18.0 Å². The van der Waals surface area contributed by atoms with Crippen LogP contribution < -0.4 is 4.18 Å². The minimum Gasteiger partial charge on any atom is -0.382 e. The number of carbonyl (C=O) groups excluding carboxylic acids is 1. The number of aryl methyl sites for hydroxylation is 1. The second-order valence-corrected chi connectivity index (χ2v) is 13.4. The number of hydrogen-bond donors (Lipinski definition) is 0. The summed E-state index contributed by atoms with van der Waals surface area (Å²) in [6.07, 6.45) is -2.75. The lowest BCUT2D eigenvalue weighted by atomic mass is 9.97. The molecule has 42 heavy (non-hydrogen) atoms. The Kier molecular flexibility index (Phi) is 7.79. The number of ether oxygens (including phenoxy) is 2. The maximum Gasteiger partial charge on any atom is 0.435 e. The highest BCUT2D eigenvalue weighted by atomic mass is 32.2. The van der Waals surface area contributed by atoms with Crippen LogP contribution in [0.15, 0.2) is 29.6 Å². The van der Waals surface area contributed by atoms with Crippen LogP contribution in [0.2, 0.25) is 0 Å². The zero-order valence-electron chi connectivity index (χ0n) is 22.7. The summed E-state index contributed by atoms with van der Waals surface area (Å²) in [6, 6.07) is 6.14. The molecule has 0 radical (unpaired) electrons. The van der Waals surface area contributed by atoms with Crippen LogP contribution in [0, 0.1) is 6.92 Å². The average molecular weight is 627 g/mol. The van der Waals surface area contributed by atoms with E-state index < -0.39 is 33.5 Å². The van der Waals surface area contributed by atoms with Crippen molar-refractivity contribution in [2.45, 2.75) is 76.0 Å². The summed E-state index contributed by atoms with van der Waals surface area (Å²) in [4.78, 5) is 19.2. The largest absolute Gasteiger partial charge is 0.435 e. The Hall–Kier alpha value is -3.01. The molecule has 3 aromatic rings. The Bertz CT molecular complexity index is 1580. The van der Waals surface area contributed by atoms with Gasteiger partial charge in [-0.3, -0.25) is 9.48 Å². The number of benzene rings is 1. The number of alkyl halides is 3. The van der Waals surface area contributed by atoms with E-state index in [9.17, 15) is 26.4 Å². The number of likely N-dealkylation sites (tertiary alicyclic amines) is 1. The van der Waals surface area contributed by atoms with E-state index in [1.165, 1.54) is 18.3 Å². The third-order valence-electron chi connectivity index (χ3n) is 7.67. The molecule has 1 amide bonds. The van der Waals surface area contributed by atoms with Crippen LogP contribution in [0.3, 0.4) is 0 Å². The molecule has 2 aliphatic heterocycles. The number of rotatable bonds is 7. The molecule has 15 heteroatoms. The van der Waals surface area contributed by atoms with E-state index in [4.69, 9.17) is 18.6 Å². The minimum absolute atomic E-state index is 0.101. The minimum atomic E-state index is -4.56. The van der Waals surface area contributed by atoms with E-state index in [0.717, 1.165) is 21.3 Å². The molecule has 1 aromatic carbocycles. The van der Waals surface area contributed by atoms with Crippen molar-refractivity contribution in [1.82, 2.24) is 19.7 Å². The van der Waals surface area contributed by atoms with Gasteiger partial charge in [-0.1, -0.05) is 12.1 Å². The lowest BCUT2D eigenvalue weighted by Gasteiger charge is -2.31. The van der Waals surface area contributed by atoms with Gasteiger partial charge in [-0.15, -0.1) is 11.3 Å². The maximum absolute atomic E-state index is 13.0. The van der Waals surface area contributed by atoms with E-state index in [-0.39, 0.29) is 43.0 Å². The van der Waals surface area contributed by atoms with Gasteiger partial charge in [-0.2, -0.15) is 26.7 Å². The van der Waals surface area contributed by atoms with Gasteiger partial charge in [0.05, 0.1) is 23.5 Å². The second-order valence-electron chi connectivity index (χ2n) is 10.7. The number of amides is 1. The number of fused-ring (bicyclic) bond motifs is 1. The molecule has 1 saturated carbocycles. The van der Waals surface area contributed by atoms with E-state index >= 15 is 0 Å². The fraction of sp³-hybridized carbons (Fsp3) is 0.519. The molecular formula is C27H29F3N4O6S2. The molecule has 4 heterocycles. The molecule has 0 bridgehead atoms. The second kappa shape index (κ2) is 11.2. The standard InChI is InChI=1S/C27H29F3N4O6S2/c1-16-11-23(27(28,29)30)32-34(16)12-24(35)33-9-7-17(8-10-33)25-31-21(15-41-25)26-38-13-18-3-2-4-22(20(18)14-39-26)40-42(36,37)19-5-6-19/h2-4,11,15,17,19,26H,5-10,12-14H2,1H3. The summed E-state index contributed by atoms with van der Waals surface area (Å²) in [6.45, 7) is 2.48. The first-order valence-electron chi connectivity index (χ1n) is 13.6. The normalized spacial score (nSPS) is 20.3. The average Bonchev–Trinajstić information content (AvgIpc) is 3.65. The molecule has 1 unspecified atom stereocenters. The maximum atomic E-state index is 13.0. The van der Waals surface area contributed by atoms with Gasteiger partial charge >= 0.3 is 16.3 Å². The summed E-state index contributed by atoms with van der Waals surface area (Å²) in [7, 11) is -3.67. The molecule has 10 nitrogen and oxygen atoms in total. The molecule has 1 saturated heterocycles. The predicted molar refractivity (Wildman–Crippen MR) is 144 cm³/mol. The van der Waals surface area contributed by atoms with E-state index in [1.54, 1.807) is 17.0 Å². The van der Waals surface area contributed by atoms with Crippen molar-refractivity contribution in [3.8, 4) is 5.75 Å². The van der Waals surface area contributed by atoms with Gasteiger partial charge in [0, 0.05) is 35.6 Å². The Morgan fingerprint density at radius 3 is 2.57 bits per heavy atom. The highest BCUT2D eigenvalue weighted by Crippen LogP contribution is 2.38. The molecule has 226 valence electrons. The first kappa shape index (κ1) is 29.1. The summed E-state index contributed by atoms with van der Waals surface area (Å²) in [5, 5.41) is 5.87. The summed E-state index contributed by atoms with van der Waals surface area (Å²) >= 11 is 1.48. The van der Waals surface area contributed by atoms with Crippen molar-refractivity contribution in [3.63, 3.8) is 0 Å². The van der Waals surface area contributed by atoms with Gasteiger partial charge in [-0.25, -0.2) is 4.98 Å². The predicted octanol–water partition coefficient (Wildman–Crippen LogP) is 4.69. The van der Waals surface area contributed by atoms with Crippen molar-refractivity contribution in [2.75, 3.05) is 13.1 Å². The number of nitrogens with zero attached hydrogens (tertiary/aromatic N) is 4.